The molecule has 1 aromatic rings. The number of urea groups is 1. The standard InChI is InChI=1S/C10H13N3O/c11-8-3-1-4-9(7-8)12-10(14)13-5-2-6-13/h1,3-4,7H,2,5-6,11H2,(H,12,14). The van der Waals surface area contributed by atoms with Gasteiger partial charge in [-0.05, 0) is 24.6 Å². The number of hydrogen-bond acceptors (Lipinski definition) is 2. The van der Waals surface area contributed by atoms with Crippen molar-refractivity contribution in [3.8, 4) is 0 Å². The van der Waals surface area contributed by atoms with E-state index in [0.717, 1.165) is 25.2 Å². The molecule has 1 saturated heterocycles. The van der Waals surface area contributed by atoms with Gasteiger partial charge in [-0.15, -0.1) is 0 Å². The summed E-state index contributed by atoms with van der Waals surface area (Å²) in [4.78, 5) is 13.2. The van der Waals surface area contributed by atoms with Gasteiger partial charge in [-0.25, -0.2) is 4.79 Å². The Bertz CT molecular complexity index is 347. The van der Waals surface area contributed by atoms with Crippen molar-refractivity contribution in [2.45, 2.75) is 6.42 Å². The number of nitrogen functional groups attached to an aromatic ring is 1. The molecular weight excluding hydrogens is 178 g/mol. The van der Waals surface area contributed by atoms with E-state index in [9.17, 15) is 4.79 Å². The summed E-state index contributed by atoms with van der Waals surface area (Å²) in [7, 11) is 0. The Morgan fingerprint density at radius 2 is 2.21 bits per heavy atom. The van der Waals surface area contributed by atoms with Crippen molar-refractivity contribution in [1.29, 1.82) is 0 Å². The summed E-state index contributed by atoms with van der Waals surface area (Å²) in [6, 6.07) is 7.15. The van der Waals surface area contributed by atoms with Crippen LogP contribution >= 0.6 is 0 Å². The van der Waals surface area contributed by atoms with Gasteiger partial charge in [-0.2, -0.15) is 0 Å². The van der Waals surface area contributed by atoms with Crippen LogP contribution in [0.3, 0.4) is 0 Å². The average Bonchev–Trinajstić information content (AvgIpc) is 1.99. The molecule has 74 valence electrons. The maximum Gasteiger partial charge on any atom is 0.321 e. The van der Waals surface area contributed by atoms with Gasteiger partial charge in [-0.1, -0.05) is 6.07 Å². The van der Waals surface area contributed by atoms with Crippen LogP contribution in [0, 0.1) is 0 Å². The number of carbonyl (C=O) groups excluding carboxylic acids is 1. The van der Waals surface area contributed by atoms with Crippen molar-refractivity contribution in [3.63, 3.8) is 0 Å². The lowest BCUT2D eigenvalue weighted by Crippen LogP contribution is -2.44. The van der Waals surface area contributed by atoms with Crippen LogP contribution in [0.15, 0.2) is 24.3 Å². The number of amides is 2. The fourth-order valence-electron chi connectivity index (χ4n) is 1.34. The summed E-state index contributed by atoms with van der Waals surface area (Å²) in [5, 5.41) is 2.79. The van der Waals surface area contributed by atoms with E-state index in [0.29, 0.717) is 5.69 Å². The first-order valence-corrected chi connectivity index (χ1v) is 4.67. The summed E-state index contributed by atoms with van der Waals surface area (Å²) < 4.78 is 0. The summed E-state index contributed by atoms with van der Waals surface area (Å²) in [5.41, 5.74) is 7.00. The predicted molar refractivity (Wildman–Crippen MR) is 56.1 cm³/mol. The highest BCUT2D eigenvalue weighted by Crippen LogP contribution is 2.14. The number of nitrogens with two attached hydrogens (primary N) is 1. The summed E-state index contributed by atoms with van der Waals surface area (Å²) in [5.74, 6) is 0. The molecule has 0 saturated carbocycles. The van der Waals surface area contributed by atoms with E-state index >= 15 is 0 Å². The summed E-state index contributed by atoms with van der Waals surface area (Å²) >= 11 is 0. The van der Waals surface area contributed by atoms with Crippen LogP contribution in [0.25, 0.3) is 0 Å². The quantitative estimate of drug-likeness (QED) is 0.661. The molecule has 0 spiro atoms. The highest BCUT2D eigenvalue weighted by molar-refractivity contribution is 5.90. The monoisotopic (exact) mass is 191 g/mol. The van der Waals surface area contributed by atoms with Gasteiger partial charge >= 0.3 is 6.03 Å². The number of carbonyl (C=O) groups is 1. The topological polar surface area (TPSA) is 58.4 Å². The first-order valence-electron chi connectivity index (χ1n) is 4.67. The number of nitrogens with one attached hydrogen (secondary N) is 1. The zero-order chi connectivity index (χ0) is 9.97. The van der Waals surface area contributed by atoms with Crippen molar-refractivity contribution in [1.82, 2.24) is 4.90 Å². The normalized spacial score (nSPS) is 14.7. The SMILES string of the molecule is Nc1cccc(NC(=O)N2CCC2)c1. The van der Waals surface area contributed by atoms with E-state index in [4.69, 9.17) is 5.73 Å². The van der Waals surface area contributed by atoms with Crippen LogP contribution in [0.5, 0.6) is 0 Å². The van der Waals surface area contributed by atoms with Crippen molar-refractivity contribution >= 4 is 17.4 Å². The molecule has 0 atom stereocenters. The van der Waals surface area contributed by atoms with E-state index in [1.165, 1.54) is 0 Å². The highest BCUT2D eigenvalue weighted by atomic mass is 16.2. The lowest BCUT2D eigenvalue weighted by molar-refractivity contribution is 0.181. The minimum Gasteiger partial charge on any atom is -0.399 e. The van der Waals surface area contributed by atoms with Gasteiger partial charge in [0.25, 0.3) is 0 Å². The van der Waals surface area contributed by atoms with Crippen LogP contribution in [-0.4, -0.2) is 24.0 Å². The molecule has 1 heterocycles. The molecule has 4 heteroatoms. The second-order valence-electron chi connectivity index (χ2n) is 3.40. The maximum atomic E-state index is 11.5. The highest BCUT2D eigenvalue weighted by Gasteiger charge is 2.19. The molecule has 2 rings (SSSR count). The molecule has 3 N–H and O–H groups in total. The maximum absolute atomic E-state index is 11.5. The van der Waals surface area contributed by atoms with Crippen LogP contribution in [0.1, 0.15) is 6.42 Å². The van der Waals surface area contributed by atoms with Crippen LogP contribution in [0.4, 0.5) is 16.2 Å². The third-order valence-electron chi connectivity index (χ3n) is 2.28. The Labute approximate surface area is 82.7 Å². The zero-order valence-electron chi connectivity index (χ0n) is 7.86. The summed E-state index contributed by atoms with van der Waals surface area (Å²) in [6.07, 6.45) is 1.10. The Kier molecular flexibility index (Phi) is 2.26. The predicted octanol–water partition coefficient (Wildman–Crippen LogP) is 1.51. The minimum absolute atomic E-state index is 0.0400. The Morgan fingerprint density at radius 1 is 1.43 bits per heavy atom. The van der Waals surface area contributed by atoms with Crippen molar-refractivity contribution in [3.05, 3.63) is 24.3 Å². The number of hydrogen-bond donors (Lipinski definition) is 2. The molecule has 4 nitrogen and oxygen atoms in total. The molecule has 0 bridgehead atoms. The number of anilines is 2. The largest absolute Gasteiger partial charge is 0.399 e. The van der Waals surface area contributed by atoms with E-state index in [1.807, 2.05) is 12.1 Å². The summed E-state index contributed by atoms with van der Waals surface area (Å²) in [6.45, 7) is 1.71. The molecule has 0 aliphatic carbocycles. The molecule has 1 aromatic carbocycles. The average molecular weight is 191 g/mol. The number of rotatable bonds is 1. The Hall–Kier alpha value is -1.71. The van der Waals surface area contributed by atoms with Gasteiger partial charge in [0.15, 0.2) is 0 Å². The molecule has 14 heavy (non-hydrogen) atoms. The lowest BCUT2D eigenvalue weighted by Gasteiger charge is -2.30. The van der Waals surface area contributed by atoms with Gasteiger partial charge in [0, 0.05) is 24.5 Å². The smallest absolute Gasteiger partial charge is 0.321 e. The van der Waals surface area contributed by atoms with Crippen molar-refractivity contribution in [2.24, 2.45) is 0 Å². The first kappa shape index (κ1) is 8.87. The fourth-order valence-corrected chi connectivity index (χ4v) is 1.34. The van der Waals surface area contributed by atoms with Gasteiger partial charge in [0.2, 0.25) is 0 Å². The zero-order valence-corrected chi connectivity index (χ0v) is 7.86. The second-order valence-corrected chi connectivity index (χ2v) is 3.40. The van der Waals surface area contributed by atoms with Gasteiger partial charge in [0.05, 0.1) is 0 Å². The van der Waals surface area contributed by atoms with Gasteiger partial charge in [0.1, 0.15) is 0 Å². The minimum atomic E-state index is -0.0400. The molecular formula is C10H13N3O. The fraction of sp³-hybridized carbons (Fsp3) is 0.300. The van der Waals surface area contributed by atoms with E-state index < -0.39 is 0 Å². The van der Waals surface area contributed by atoms with Gasteiger partial charge in [-0.3, -0.25) is 0 Å². The van der Waals surface area contributed by atoms with Crippen LogP contribution in [-0.2, 0) is 0 Å². The first-order chi connectivity index (χ1) is 6.75. The van der Waals surface area contributed by atoms with Crippen LogP contribution in [0.2, 0.25) is 0 Å². The molecule has 0 aromatic heterocycles. The number of likely N-dealkylation sites (tertiary alicyclic amines) is 1. The van der Waals surface area contributed by atoms with Gasteiger partial charge < -0.3 is 16.0 Å². The van der Waals surface area contributed by atoms with E-state index in [2.05, 4.69) is 5.32 Å². The number of nitrogens with zero attached hydrogens (tertiary/aromatic N) is 1. The van der Waals surface area contributed by atoms with Crippen molar-refractivity contribution in [2.75, 3.05) is 24.1 Å². The van der Waals surface area contributed by atoms with E-state index in [1.54, 1.807) is 17.0 Å². The molecule has 1 fully saturated rings. The van der Waals surface area contributed by atoms with E-state index in [-0.39, 0.29) is 6.03 Å². The Balaban J connectivity index is 1.99. The second kappa shape index (κ2) is 3.57. The molecule has 1 aliphatic heterocycles. The molecule has 2 amide bonds. The molecule has 0 radical (unpaired) electrons. The molecule has 1 aliphatic rings. The Morgan fingerprint density at radius 3 is 2.79 bits per heavy atom. The lowest BCUT2D eigenvalue weighted by atomic mass is 10.2. The molecule has 0 unspecified atom stereocenters. The number of benzene rings is 1. The third-order valence-corrected chi connectivity index (χ3v) is 2.28. The van der Waals surface area contributed by atoms with Crippen molar-refractivity contribution < 1.29 is 4.79 Å². The van der Waals surface area contributed by atoms with Crippen LogP contribution < -0.4 is 11.1 Å². The third kappa shape index (κ3) is 1.79.